The second kappa shape index (κ2) is 7.33. The van der Waals surface area contributed by atoms with Crippen molar-refractivity contribution in [3.8, 4) is 0 Å². The summed E-state index contributed by atoms with van der Waals surface area (Å²) < 4.78 is 28.9. The largest absolute Gasteiger partial charge is 0.289 e. The van der Waals surface area contributed by atoms with Gasteiger partial charge in [0.25, 0.3) is 15.7 Å². The van der Waals surface area contributed by atoms with Crippen LogP contribution in [0.1, 0.15) is 36.4 Å². The van der Waals surface area contributed by atoms with Gasteiger partial charge in [0.2, 0.25) is 0 Å². The monoisotopic (exact) mass is 408 g/mol. The molecule has 0 fully saturated rings. The highest BCUT2D eigenvalue weighted by Crippen LogP contribution is 2.47. The number of nitro groups is 1. The van der Waals surface area contributed by atoms with E-state index < -0.39 is 26.7 Å². The lowest BCUT2D eigenvalue weighted by Gasteiger charge is -2.40. The van der Waals surface area contributed by atoms with Gasteiger partial charge in [0, 0.05) is 6.07 Å². The molecule has 6 nitrogen and oxygen atoms in total. The van der Waals surface area contributed by atoms with Crippen LogP contribution in [-0.4, -0.2) is 13.3 Å². The number of para-hydroxylation sites is 2. The topological polar surface area (TPSA) is 80.5 Å². The molecule has 1 aliphatic heterocycles. The molecule has 0 N–H and O–H groups in total. The third kappa shape index (κ3) is 3.27. The van der Waals surface area contributed by atoms with E-state index in [2.05, 4.69) is 6.92 Å². The Kier molecular flexibility index (Phi) is 4.84. The van der Waals surface area contributed by atoms with Gasteiger partial charge in [0.1, 0.15) is 0 Å². The van der Waals surface area contributed by atoms with Gasteiger partial charge in [-0.3, -0.25) is 14.4 Å². The fourth-order valence-electron chi connectivity index (χ4n) is 4.01. The van der Waals surface area contributed by atoms with Gasteiger partial charge in [-0.1, -0.05) is 67.6 Å². The van der Waals surface area contributed by atoms with Crippen LogP contribution in [0, 0.1) is 10.1 Å². The number of fused-ring (bicyclic) bond motifs is 1. The van der Waals surface area contributed by atoms with E-state index in [0.717, 1.165) is 11.1 Å². The molecule has 4 rings (SSSR count). The summed E-state index contributed by atoms with van der Waals surface area (Å²) in [5.41, 5.74) is 1.92. The molecule has 1 heterocycles. The molecule has 7 heteroatoms. The van der Waals surface area contributed by atoms with Gasteiger partial charge < -0.3 is 0 Å². The maximum atomic E-state index is 13.8. The van der Waals surface area contributed by atoms with Crippen molar-refractivity contribution >= 4 is 21.4 Å². The summed E-state index contributed by atoms with van der Waals surface area (Å²) in [5.74, 6) is 0.147. The predicted octanol–water partition coefficient (Wildman–Crippen LogP) is 5.04. The predicted molar refractivity (Wildman–Crippen MR) is 111 cm³/mol. The molecule has 0 unspecified atom stereocenters. The Morgan fingerprint density at radius 2 is 1.55 bits per heavy atom. The van der Waals surface area contributed by atoms with Crippen LogP contribution in [-0.2, 0) is 10.0 Å². The molecule has 3 aromatic rings. The quantitative estimate of drug-likeness (QED) is 0.447. The minimum atomic E-state index is -4.18. The van der Waals surface area contributed by atoms with E-state index in [1.54, 1.807) is 12.1 Å². The molecule has 0 amide bonds. The summed E-state index contributed by atoms with van der Waals surface area (Å²) in [4.78, 5) is 10.6. The molecular weight excluding hydrogens is 388 g/mol. The van der Waals surface area contributed by atoms with Crippen LogP contribution in [0.4, 0.5) is 11.4 Å². The average Bonchev–Trinajstić information content (AvgIpc) is 2.74. The average molecular weight is 408 g/mol. The Morgan fingerprint density at radius 1 is 0.931 bits per heavy atom. The molecule has 29 heavy (non-hydrogen) atoms. The molecule has 148 valence electrons. The molecule has 2 atom stereocenters. The second-order valence-corrected chi connectivity index (χ2v) is 8.93. The minimum Gasteiger partial charge on any atom is -0.258 e. The summed E-state index contributed by atoms with van der Waals surface area (Å²) in [6.45, 7) is 2.07. The summed E-state index contributed by atoms with van der Waals surface area (Å²) in [6, 6.07) is 21.8. The lowest BCUT2D eigenvalue weighted by Crippen LogP contribution is -2.39. The fraction of sp³-hybridized carbons (Fsp3) is 0.182. The van der Waals surface area contributed by atoms with Crippen molar-refractivity contribution in [1.82, 2.24) is 0 Å². The SMILES string of the molecule is C[C@@H]1C[C@H](c2ccccc2)N(S(=O)(=O)c2ccccc2[N+](=O)[O-])c2ccccc21. The van der Waals surface area contributed by atoms with Crippen molar-refractivity contribution in [1.29, 1.82) is 0 Å². The second-order valence-electron chi connectivity index (χ2n) is 7.15. The summed E-state index contributed by atoms with van der Waals surface area (Å²) in [6.07, 6.45) is 0.584. The van der Waals surface area contributed by atoms with Crippen LogP contribution in [0.15, 0.2) is 83.8 Å². The molecule has 0 saturated carbocycles. The standard InChI is InChI=1S/C22H20N2O4S/c1-16-15-21(17-9-3-2-4-10-17)23(19-12-6-5-11-18(16)19)29(27,28)22-14-8-7-13-20(22)24(25)26/h2-14,16,21H,15H2,1H3/t16-,21-/m1/s1. The number of rotatable bonds is 4. The first-order valence-electron chi connectivity index (χ1n) is 9.33. The molecule has 3 aromatic carbocycles. The number of nitrogens with zero attached hydrogens (tertiary/aromatic N) is 2. The molecule has 0 radical (unpaired) electrons. The van der Waals surface area contributed by atoms with Crippen molar-refractivity contribution in [2.75, 3.05) is 4.31 Å². The lowest BCUT2D eigenvalue weighted by molar-refractivity contribution is -0.387. The zero-order chi connectivity index (χ0) is 20.6. The van der Waals surface area contributed by atoms with Crippen LogP contribution in [0.2, 0.25) is 0 Å². The molecular formula is C22H20N2O4S. The molecule has 0 saturated heterocycles. The first kappa shape index (κ1) is 19.1. The van der Waals surface area contributed by atoms with Crippen LogP contribution in [0.3, 0.4) is 0 Å². The van der Waals surface area contributed by atoms with Gasteiger partial charge in [-0.25, -0.2) is 8.42 Å². The summed E-state index contributed by atoms with van der Waals surface area (Å²) in [5, 5.41) is 11.5. The number of hydrogen-bond donors (Lipinski definition) is 0. The zero-order valence-electron chi connectivity index (χ0n) is 15.8. The third-order valence-corrected chi connectivity index (χ3v) is 7.22. The lowest BCUT2D eigenvalue weighted by atomic mass is 9.86. The smallest absolute Gasteiger partial charge is 0.258 e. The van der Waals surface area contributed by atoms with E-state index in [4.69, 9.17) is 0 Å². The van der Waals surface area contributed by atoms with E-state index in [9.17, 15) is 18.5 Å². The van der Waals surface area contributed by atoms with E-state index >= 15 is 0 Å². The van der Waals surface area contributed by atoms with E-state index in [1.807, 2.05) is 42.5 Å². The van der Waals surface area contributed by atoms with Crippen molar-refractivity contribution < 1.29 is 13.3 Å². The summed E-state index contributed by atoms with van der Waals surface area (Å²) >= 11 is 0. The van der Waals surface area contributed by atoms with Gasteiger partial charge in [-0.2, -0.15) is 0 Å². The highest BCUT2D eigenvalue weighted by Gasteiger charge is 2.41. The van der Waals surface area contributed by atoms with Crippen LogP contribution >= 0.6 is 0 Å². The number of hydrogen-bond acceptors (Lipinski definition) is 4. The molecule has 0 bridgehead atoms. The molecule has 0 spiro atoms. The fourth-order valence-corrected chi connectivity index (χ4v) is 5.84. The first-order chi connectivity index (χ1) is 13.9. The first-order valence-corrected chi connectivity index (χ1v) is 10.8. The van der Waals surface area contributed by atoms with Gasteiger partial charge >= 0.3 is 0 Å². The molecule has 0 aromatic heterocycles. The highest BCUT2D eigenvalue weighted by atomic mass is 32.2. The van der Waals surface area contributed by atoms with Gasteiger partial charge in [-0.15, -0.1) is 0 Å². The van der Waals surface area contributed by atoms with Crippen LogP contribution in [0.5, 0.6) is 0 Å². The van der Waals surface area contributed by atoms with E-state index in [1.165, 1.54) is 28.6 Å². The number of benzene rings is 3. The van der Waals surface area contributed by atoms with Crippen molar-refractivity contribution in [3.05, 3.63) is 100 Å². The Labute approximate surface area is 169 Å². The number of sulfonamides is 1. The molecule has 0 aliphatic carbocycles. The zero-order valence-corrected chi connectivity index (χ0v) is 16.6. The number of anilines is 1. The van der Waals surface area contributed by atoms with Gasteiger partial charge in [0.05, 0.1) is 16.7 Å². The highest BCUT2D eigenvalue weighted by molar-refractivity contribution is 7.93. The van der Waals surface area contributed by atoms with Gasteiger partial charge in [-0.05, 0) is 35.6 Å². The maximum Gasteiger partial charge on any atom is 0.289 e. The van der Waals surface area contributed by atoms with Gasteiger partial charge in [0.15, 0.2) is 4.90 Å². The normalized spacial score (nSPS) is 18.9. The van der Waals surface area contributed by atoms with E-state index in [-0.39, 0.29) is 10.8 Å². The van der Waals surface area contributed by atoms with Crippen molar-refractivity contribution in [2.45, 2.75) is 30.2 Å². The molecule has 1 aliphatic rings. The van der Waals surface area contributed by atoms with Crippen LogP contribution in [0.25, 0.3) is 0 Å². The van der Waals surface area contributed by atoms with Crippen molar-refractivity contribution in [3.63, 3.8) is 0 Å². The third-order valence-electron chi connectivity index (χ3n) is 5.35. The minimum absolute atomic E-state index is 0.147. The summed E-state index contributed by atoms with van der Waals surface area (Å²) in [7, 11) is -4.18. The van der Waals surface area contributed by atoms with Crippen molar-refractivity contribution in [2.24, 2.45) is 0 Å². The maximum absolute atomic E-state index is 13.8. The Hall–Kier alpha value is -3.19. The van der Waals surface area contributed by atoms with E-state index in [0.29, 0.717) is 12.1 Å². The Bertz CT molecular complexity index is 1160. The number of nitro benzene ring substituents is 1. The van der Waals surface area contributed by atoms with Crippen LogP contribution < -0.4 is 4.31 Å². The Balaban J connectivity index is 1.97. The Morgan fingerprint density at radius 3 is 2.28 bits per heavy atom.